The molecule has 0 spiro atoms. The molecule has 1 unspecified atom stereocenters. The largest absolute Gasteiger partial charge is 0.379 e. The van der Waals surface area contributed by atoms with Crippen LogP contribution >= 0.6 is 28.7 Å². The van der Waals surface area contributed by atoms with Crippen molar-refractivity contribution in [2.75, 3.05) is 18.6 Å². The van der Waals surface area contributed by atoms with Crippen LogP contribution in [0.25, 0.3) is 0 Å². The highest BCUT2D eigenvalue weighted by atomic mass is 79.9. The van der Waals surface area contributed by atoms with E-state index in [-0.39, 0.29) is 34.4 Å². The number of sulfone groups is 1. The zero-order valence-electron chi connectivity index (χ0n) is 7.19. The van der Waals surface area contributed by atoms with E-state index in [0.29, 0.717) is 0 Å². The summed E-state index contributed by atoms with van der Waals surface area (Å²) in [6.07, 6.45) is 1.13. The summed E-state index contributed by atoms with van der Waals surface area (Å²) in [5.74, 6) is 0.255. The van der Waals surface area contributed by atoms with E-state index in [4.69, 9.17) is 16.9 Å². The second-order valence-corrected chi connectivity index (χ2v) is 5.75. The molecule has 0 aliphatic carbocycles. The van der Waals surface area contributed by atoms with Crippen molar-refractivity contribution < 1.29 is 8.42 Å². The van der Waals surface area contributed by atoms with Crippen LogP contribution in [0.15, 0.2) is 0 Å². The van der Waals surface area contributed by atoms with E-state index in [1.165, 1.54) is 0 Å². The molecule has 0 aliphatic heterocycles. The van der Waals surface area contributed by atoms with Gasteiger partial charge in [-0.2, -0.15) is 0 Å². The van der Waals surface area contributed by atoms with Crippen molar-refractivity contribution in [1.82, 2.24) is 0 Å². The van der Waals surface area contributed by atoms with Gasteiger partial charge in [-0.15, -0.1) is 17.0 Å². The maximum atomic E-state index is 11.0. The van der Waals surface area contributed by atoms with E-state index < -0.39 is 15.1 Å². The molecular weight excluding hydrogens is 278 g/mol. The van der Waals surface area contributed by atoms with E-state index in [1.54, 1.807) is 0 Å². The van der Waals surface area contributed by atoms with Crippen LogP contribution in [0.1, 0.15) is 0 Å². The minimum absolute atomic E-state index is 0. The van der Waals surface area contributed by atoms with Gasteiger partial charge in [0.15, 0.2) is 15.0 Å². The molecule has 0 saturated heterocycles. The number of thioether (sulfide) groups is 1. The van der Waals surface area contributed by atoms with Crippen molar-refractivity contribution in [3.05, 3.63) is 0 Å². The van der Waals surface area contributed by atoms with Crippen LogP contribution in [0.4, 0.5) is 0 Å². The molecule has 0 aromatic carbocycles. The molecule has 5 nitrogen and oxygen atoms in total. The lowest BCUT2D eigenvalue weighted by molar-refractivity contribution is 0.591. The predicted octanol–water partition coefficient (Wildman–Crippen LogP) is -0.437. The summed E-state index contributed by atoms with van der Waals surface area (Å²) in [6, 6.07) is 0. The topological polar surface area (TPSA) is 110 Å². The zero-order valence-corrected chi connectivity index (χ0v) is 10.5. The number of nitrogens with two attached hydrogens (primary N) is 2. The fraction of sp³-hybridized carbons (Fsp3) is 0.800. The Balaban J connectivity index is 0. The van der Waals surface area contributed by atoms with Crippen LogP contribution < -0.4 is 11.5 Å². The van der Waals surface area contributed by atoms with Crippen LogP contribution in [0, 0.1) is 5.41 Å². The SMILES string of the molecule is Br.CS(=O)(=O)C(CN)CSC(=N)N. The van der Waals surface area contributed by atoms with Crippen LogP contribution in [0.3, 0.4) is 0 Å². The number of hydrogen-bond acceptors (Lipinski definition) is 5. The number of rotatable bonds is 4. The van der Waals surface area contributed by atoms with Crippen LogP contribution in [0.5, 0.6) is 0 Å². The van der Waals surface area contributed by atoms with E-state index >= 15 is 0 Å². The van der Waals surface area contributed by atoms with Gasteiger partial charge in [0.05, 0.1) is 5.25 Å². The first-order valence-electron chi connectivity index (χ1n) is 3.23. The number of hydrogen-bond donors (Lipinski definition) is 3. The quantitative estimate of drug-likeness (QED) is 0.481. The van der Waals surface area contributed by atoms with Gasteiger partial charge in [0.2, 0.25) is 0 Å². The molecule has 0 aromatic heterocycles. The highest BCUT2D eigenvalue weighted by Crippen LogP contribution is 2.07. The van der Waals surface area contributed by atoms with Gasteiger partial charge < -0.3 is 11.5 Å². The Morgan fingerprint density at radius 3 is 2.31 bits per heavy atom. The lowest BCUT2D eigenvalue weighted by Crippen LogP contribution is -2.32. The van der Waals surface area contributed by atoms with Crippen molar-refractivity contribution in [3.8, 4) is 0 Å². The normalized spacial score (nSPS) is 13.1. The zero-order chi connectivity index (χ0) is 9.78. The van der Waals surface area contributed by atoms with Gasteiger partial charge in [0.25, 0.3) is 0 Å². The Kier molecular flexibility index (Phi) is 8.00. The third-order valence-electron chi connectivity index (χ3n) is 1.29. The standard InChI is InChI=1S/C5H13N3O2S2.BrH/c1-12(9,10)4(2-6)3-11-5(7)8;/h4H,2-3,6H2,1H3,(H3,7,8);1H. The van der Waals surface area contributed by atoms with Crippen molar-refractivity contribution >= 4 is 43.7 Å². The second kappa shape index (κ2) is 6.63. The molecular formula is C5H14BrN3O2S2. The number of nitrogens with one attached hydrogen (secondary N) is 1. The van der Waals surface area contributed by atoms with Crippen molar-refractivity contribution in [3.63, 3.8) is 0 Å². The predicted molar refractivity (Wildman–Crippen MR) is 62.4 cm³/mol. The van der Waals surface area contributed by atoms with Gasteiger partial charge in [-0.05, 0) is 0 Å². The van der Waals surface area contributed by atoms with Gasteiger partial charge in [-0.3, -0.25) is 5.41 Å². The maximum absolute atomic E-state index is 11.0. The van der Waals surface area contributed by atoms with Gasteiger partial charge >= 0.3 is 0 Å². The van der Waals surface area contributed by atoms with Gasteiger partial charge in [-0.1, -0.05) is 11.8 Å². The summed E-state index contributed by atoms with van der Waals surface area (Å²) in [5, 5.41) is 6.18. The van der Waals surface area contributed by atoms with Gasteiger partial charge in [-0.25, -0.2) is 8.42 Å². The lowest BCUT2D eigenvalue weighted by atomic mass is 10.5. The first-order valence-corrected chi connectivity index (χ1v) is 6.17. The average Bonchev–Trinajstić information content (AvgIpc) is 1.85. The van der Waals surface area contributed by atoms with E-state index in [1.807, 2.05) is 0 Å². The minimum Gasteiger partial charge on any atom is -0.379 e. The summed E-state index contributed by atoms with van der Waals surface area (Å²) in [6.45, 7) is 0.0686. The van der Waals surface area contributed by atoms with Crippen LogP contribution in [-0.4, -0.2) is 37.4 Å². The molecule has 0 aromatic rings. The Hall–Kier alpha value is 0.210. The molecule has 5 N–H and O–H groups in total. The summed E-state index contributed by atoms with van der Waals surface area (Å²) in [4.78, 5) is 0. The van der Waals surface area contributed by atoms with Crippen LogP contribution in [-0.2, 0) is 9.84 Å². The third-order valence-corrected chi connectivity index (χ3v) is 3.95. The summed E-state index contributed by atoms with van der Waals surface area (Å²) >= 11 is 0.993. The molecule has 0 heterocycles. The first-order chi connectivity index (χ1) is 5.38. The number of halogens is 1. The summed E-state index contributed by atoms with van der Waals surface area (Å²) < 4.78 is 21.9. The average molecular weight is 292 g/mol. The van der Waals surface area contributed by atoms with E-state index in [2.05, 4.69) is 0 Å². The molecule has 0 bridgehead atoms. The number of amidine groups is 1. The fourth-order valence-corrected chi connectivity index (χ4v) is 2.59. The molecule has 0 saturated carbocycles. The molecule has 1 atom stereocenters. The van der Waals surface area contributed by atoms with E-state index in [0.717, 1.165) is 18.0 Å². The Morgan fingerprint density at radius 1 is 1.62 bits per heavy atom. The third kappa shape index (κ3) is 7.29. The lowest BCUT2D eigenvalue weighted by Gasteiger charge is -2.10. The summed E-state index contributed by atoms with van der Waals surface area (Å²) in [7, 11) is -3.11. The highest BCUT2D eigenvalue weighted by molar-refractivity contribution is 8.93. The highest BCUT2D eigenvalue weighted by Gasteiger charge is 2.18. The maximum Gasteiger partial charge on any atom is 0.152 e. The fourth-order valence-electron chi connectivity index (χ4n) is 0.549. The van der Waals surface area contributed by atoms with Crippen molar-refractivity contribution in [2.24, 2.45) is 11.5 Å². The second-order valence-electron chi connectivity index (χ2n) is 2.36. The monoisotopic (exact) mass is 291 g/mol. The summed E-state index contributed by atoms with van der Waals surface area (Å²) in [5.41, 5.74) is 10.3. The Morgan fingerprint density at radius 2 is 2.08 bits per heavy atom. The molecule has 0 radical (unpaired) electrons. The molecule has 0 aliphatic rings. The van der Waals surface area contributed by atoms with E-state index in [9.17, 15) is 8.42 Å². The minimum atomic E-state index is -3.11. The Labute approximate surface area is 92.8 Å². The smallest absolute Gasteiger partial charge is 0.152 e. The molecule has 80 valence electrons. The van der Waals surface area contributed by atoms with Gasteiger partial charge in [0, 0.05) is 18.6 Å². The molecule has 0 rings (SSSR count). The Bertz CT molecular complexity index is 255. The van der Waals surface area contributed by atoms with Crippen molar-refractivity contribution in [2.45, 2.75) is 5.25 Å². The first kappa shape index (κ1) is 15.7. The van der Waals surface area contributed by atoms with Gasteiger partial charge in [0.1, 0.15) is 0 Å². The molecule has 13 heavy (non-hydrogen) atoms. The molecule has 0 amide bonds. The molecule has 8 heteroatoms. The van der Waals surface area contributed by atoms with Crippen LogP contribution in [0.2, 0.25) is 0 Å². The van der Waals surface area contributed by atoms with Crippen molar-refractivity contribution in [1.29, 1.82) is 5.41 Å². The molecule has 0 fully saturated rings.